The number of carboxylic acids is 1. The normalized spacial score (nSPS) is 15.4. The fourth-order valence-electron chi connectivity index (χ4n) is 2.43. The number of rotatable bonds is 5. The summed E-state index contributed by atoms with van der Waals surface area (Å²) in [7, 11) is 0. The Kier molecular flexibility index (Phi) is 4.57. The van der Waals surface area contributed by atoms with E-state index in [1.807, 2.05) is 24.3 Å². The lowest BCUT2D eigenvalue weighted by Gasteiger charge is -2.17. The second-order valence-electron chi connectivity index (χ2n) is 4.89. The zero-order chi connectivity index (χ0) is 14.5. The second kappa shape index (κ2) is 6.38. The number of aliphatic hydroxyl groups is 1. The Morgan fingerprint density at radius 1 is 1.25 bits per heavy atom. The zero-order valence-electron chi connectivity index (χ0n) is 11.0. The van der Waals surface area contributed by atoms with Crippen LogP contribution in [0, 0.1) is 0 Å². The van der Waals surface area contributed by atoms with Crippen LogP contribution in [0.2, 0.25) is 0 Å². The summed E-state index contributed by atoms with van der Waals surface area (Å²) in [4.78, 5) is 22.7. The van der Waals surface area contributed by atoms with Gasteiger partial charge >= 0.3 is 12.0 Å². The van der Waals surface area contributed by atoms with Gasteiger partial charge < -0.3 is 20.8 Å². The Morgan fingerprint density at radius 3 is 2.35 bits per heavy atom. The van der Waals surface area contributed by atoms with E-state index in [1.54, 1.807) is 0 Å². The van der Waals surface area contributed by atoms with Crippen LogP contribution < -0.4 is 10.6 Å². The number of aliphatic hydroxyl groups excluding tert-OH is 1. The van der Waals surface area contributed by atoms with Gasteiger partial charge in [0.1, 0.15) is 6.04 Å². The van der Waals surface area contributed by atoms with Crippen molar-refractivity contribution in [3.05, 3.63) is 35.4 Å². The smallest absolute Gasteiger partial charge is 0.326 e. The van der Waals surface area contributed by atoms with Gasteiger partial charge in [-0.1, -0.05) is 24.3 Å². The van der Waals surface area contributed by atoms with Crippen LogP contribution in [-0.2, 0) is 17.6 Å². The van der Waals surface area contributed by atoms with Crippen molar-refractivity contribution in [1.29, 1.82) is 0 Å². The van der Waals surface area contributed by atoms with Crippen molar-refractivity contribution >= 4 is 12.0 Å². The van der Waals surface area contributed by atoms with E-state index >= 15 is 0 Å². The van der Waals surface area contributed by atoms with Gasteiger partial charge in [0.2, 0.25) is 0 Å². The highest BCUT2D eigenvalue weighted by Gasteiger charge is 2.24. The predicted octanol–water partition coefficient (Wildman–Crippen LogP) is 0.289. The molecule has 0 heterocycles. The van der Waals surface area contributed by atoms with Crippen molar-refractivity contribution in [2.75, 3.05) is 6.61 Å². The average molecular weight is 278 g/mol. The first-order valence-corrected chi connectivity index (χ1v) is 6.57. The summed E-state index contributed by atoms with van der Waals surface area (Å²) >= 11 is 0. The number of urea groups is 1. The molecule has 0 spiro atoms. The van der Waals surface area contributed by atoms with E-state index in [9.17, 15) is 9.59 Å². The highest BCUT2D eigenvalue weighted by molar-refractivity contribution is 5.82. The summed E-state index contributed by atoms with van der Waals surface area (Å²) < 4.78 is 0. The first kappa shape index (κ1) is 14.3. The topological polar surface area (TPSA) is 98.7 Å². The minimum absolute atomic E-state index is 0.00630. The van der Waals surface area contributed by atoms with Crippen LogP contribution in [0.3, 0.4) is 0 Å². The molecule has 1 aliphatic rings. The molecule has 0 saturated heterocycles. The van der Waals surface area contributed by atoms with Gasteiger partial charge in [-0.3, -0.25) is 0 Å². The molecule has 1 aliphatic carbocycles. The molecule has 2 amide bonds. The molecule has 0 fully saturated rings. The molecule has 0 aromatic heterocycles. The third-order valence-electron chi connectivity index (χ3n) is 3.41. The summed E-state index contributed by atoms with van der Waals surface area (Å²) in [5, 5.41) is 22.8. The van der Waals surface area contributed by atoms with Crippen LogP contribution in [-0.4, -0.2) is 40.9 Å². The van der Waals surface area contributed by atoms with Crippen LogP contribution >= 0.6 is 0 Å². The molecule has 4 N–H and O–H groups in total. The van der Waals surface area contributed by atoms with Crippen molar-refractivity contribution in [3.8, 4) is 0 Å². The van der Waals surface area contributed by atoms with Gasteiger partial charge in [-0.05, 0) is 24.0 Å². The Morgan fingerprint density at radius 2 is 1.85 bits per heavy atom. The molecule has 1 aromatic rings. The van der Waals surface area contributed by atoms with Gasteiger partial charge in [0, 0.05) is 19.1 Å². The van der Waals surface area contributed by atoms with Crippen LogP contribution in [0.4, 0.5) is 4.79 Å². The van der Waals surface area contributed by atoms with E-state index in [1.165, 1.54) is 11.1 Å². The van der Waals surface area contributed by atoms with Crippen LogP contribution in [0.15, 0.2) is 24.3 Å². The van der Waals surface area contributed by atoms with E-state index in [2.05, 4.69) is 10.6 Å². The number of hydrogen-bond acceptors (Lipinski definition) is 3. The molecule has 2 rings (SSSR count). The molecule has 108 valence electrons. The number of carbonyl (C=O) groups excluding carboxylic acids is 1. The van der Waals surface area contributed by atoms with Gasteiger partial charge in [-0.25, -0.2) is 9.59 Å². The van der Waals surface area contributed by atoms with Gasteiger partial charge in [-0.15, -0.1) is 0 Å². The predicted molar refractivity (Wildman–Crippen MR) is 72.4 cm³/mol. The Bertz CT molecular complexity index is 479. The number of amides is 2. The minimum atomic E-state index is -1.15. The third-order valence-corrected chi connectivity index (χ3v) is 3.41. The van der Waals surface area contributed by atoms with Gasteiger partial charge in [-0.2, -0.15) is 0 Å². The summed E-state index contributed by atoms with van der Waals surface area (Å²) in [5.41, 5.74) is 2.42. The first-order valence-electron chi connectivity index (χ1n) is 6.57. The fraction of sp³-hybridized carbons (Fsp3) is 0.429. The van der Waals surface area contributed by atoms with E-state index < -0.39 is 18.0 Å². The van der Waals surface area contributed by atoms with Crippen LogP contribution in [0.25, 0.3) is 0 Å². The maximum atomic E-state index is 11.8. The lowest BCUT2D eigenvalue weighted by atomic mass is 10.1. The van der Waals surface area contributed by atoms with Gasteiger partial charge in [0.05, 0.1) is 0 Å². The van der Waals surface area contributed by atoms with Crippen LogP contribution in [0.1, 0.15) is 17.5 Å². The number of fused-ring (bicyclic) bond motifs is 1. The summed E-state index contributed by atoms with van der Waals surface area (Å²) in [5.74, 6) is -1.15. The maximum absolute atomic E-state index is 11.8. The largest absolute Gasteiger partial charge is 0.480 e. The number of benzene rings is 1. The Labute approximate surface area is 116 Å². The van der Waals surface area contributed by atoms with Crippen molar-refractivity contribution < 1.29 is 19.8 Å². The van der Waals surface area contributed by atoms with E-state index in [4.69, 9.17) is 10.2 Å². The number of nitrogens with one attached hydrogen (secondary N) is 2. The lowest BCUT2D eigenvalue weighted by molar-refractivity contribution is -0.139. The maximum Gasteiger partial charge on any atom is 0.326 e. The quantitative estimate of drug-likeness (QED) is 0.622. The van der Waals surface area contributed by atoms with E-state index in [0.717, 1.165) is 12.8 Å². The summed E-state index contributed by atoms with van der Waals surface area (Å²) in [6.07, 6.45) is 1.50. The van der Waals surface area contributed by atoms with Crippen LogP contribution in [0.5, 0.6) is 0 Å². The van der Waals surface area contributed by atoms with Gasteiger partial charge in [0.25, 0.3) is 0 Å². The first-order chi connectivity index (χ1) is 9.60. The highest BCUT2D eigenvalue weighted by Crippen LogP contribution is 2.21. The van der Waals surface area contributed by atoms with Crippen molar-refractivity contribution in [1.82, 2.24) is 10.6 Å². The monoisotopic (exact) mass is 278 g/mol. The summed E-state index contributed by atoms with van der Waals surface area (Å²) in [6.45, 7) is -0.286. The van der Waals surface area contributed by atoms with E-state index in [-0.39, 0.29) is 19.1 Å². The highest BCUT2D eigenvalue weighted by atomic mass is 16.4. The average Bonchev–Trinajstić information content (AvgIpc) is 2.79. The number of hydrogen-bond donors (Lipinski definition) is 4. The number of carboxylic acid groups (broad SMARTS) is 1. The third kappa shape index (κ3) is 3.48. The molecular weight excluding hydrogens is 260 g/mol. The van der Waals surface area contributed by atoms with Crippen molar-refractivity contribution in [2.24, 2.45) is 0 Å². The molecular formula is C14H18N2O4. The second-order valence-corrected chi connectivity index (χ2v) is 4.89. The molecule has 0 saturated carbocycles. The molecule has 0 radical (unpaired) electrons. The molecule has 6 heteroatoms. The SMILES string of the molecule is O=C(NC1Cc2ccccc2C1)N[C@@H](CCO)C(=O)O. The molecule has 1 aromatic carbocycles. The zero-order valence-corrected chi connectivity index (χ0v) is 11.0. The molecule has 0 bridgehead atoms. The fourth-order valence-corrected chi connectivity index (χ4v) is 2.43. The Balaban J connectivity index is 1.86. The number of aliphatic carboxylic acids is 1. The molecule has 0 aliphatic heterocycles. The van der Waals surface area contributed by atoms with Crippen molar-refractivity contribution in [3.63, 3.8) is 0 Å². The minimum Gasteiger partial charge on any atom is -0.480 e. The standard InChI is InChI=1S/C14H18N2O4/c17-6-5-12(13(18)19)16-14(20)15-11-7-9-3-1-2-4-10(9)8-11/h1-4,11-12,17H,5-8H2,(H,18,19)(H2,15,16,20)/t12-/m0/s1. The van der Waals surface area contributed by atoms with E-state index in [0.29, 0.717) is 0 Å². The summed E-state index contributed by atoms with van der Waals surface area (Å²) in [6, 6.07) is 6.39. The lowest BCUT2D eigenvalue weighted by Crippen LogP contribution is -2.49. The van der Waals surface area contributed by atoms with Gasteiger partial charge in [0.15, 0.2) is 0 Å². The number of carbonyl (C=O) groups is 2. The van der Waals surface area contributed by atoms with Crippen molar-refractivity contribution in [2.45, 2.75) is 31.3 Å². The molecule has 0 unspecified atom stereocenters. The Hall–Kier alpha value is -2.08. The molecule has 6 nitrogen and oxygen atoms in total. The molecule has 20 heavy (non-hydrogen) atoms. The molecule has 1 atom stereocenters.